The van der Waals surface area contributed by atoms with E-state index in [-0.39, 0.29) is 5.60 Å². The van der Waals surface area contributed by atoms with E-state index >= 15 is 0 Å². The van der Waals surface area contributed by atoms with Crippen LogP contribution >= 0.6 is 0 Å². The van der Waals surface area contributed by atoms with Crippen LogP contribution in [0.25, 0.3) is 0 Å². The third-order valence-electron chi connectivity index (χ3n) is 3.18. The number of rotatable bonds is 5. The van der Waals surface area contributed by atoms with E-state index in [4.69, 9.17) is 4.74 Å². The fourth-order valence-corrected chi connectivity index (χ4v) is 1.95. The van der Waals surface area contributed by atoms with E-state index in [0.29, 0.717) is 0 Å². The van der Waals surface area contributed by atoms with Crippen LogP contribution in [0.3, 0.4) is 0 Å². The van der Waals surface area contributed by atoms with Gasteiger partial charge in [-0.3, -0.25) is 4.98 Å². The molecule has 1 N–H and O–H groups in total. The van der Waals surface area contributed by atoms with Gasteiger partial charge in [-0.05, 0) is 31.4 Å². The molecule has 0 saturated heterocycles. The van der Waals surface area contributed by atoms with Crippen LogP contribution in [-0.2, 0) is 11.3 Å². The highest BCUT2D eigenvalue weighted by molar-refractivity contribution is 5.03. The minimum Gasteiger partial charge on any atom is -0.377 e. The number of hydrogen-bond donors (Lipinski definition) is 1. The van der Waals surface area contributed by atoms with Crippen molar-refractivity contribution >= 4 is 0 Å². The Morgan fingerprint density at radius 3 is 2.87 bits per heavy atom. The number of hydrogen-bond acceptors (Lipinski definition) is 3. The Hall–Kier alpha value is -0.930. The molecule has 1 aliphatic rings. The van der Waals surface area contributed by atoms with Gasteiger partial charge in [-0.15, -0.1) is 0 Å². The largest absolute Gasteiger partial charge is 0.377 e. The lowest BCUT2D eigenvalue weighted by atomic mass is 9.80. The fourth-order valence-electron chi connectivity index (χ4n) is 1.95. The topological polar surface area (TPSA) is 34.1 Å². The maximum absolute atomic E-state index is 5.53. The second kappa shape index (κ2) is 4.73. The van der Waals surface area contributed by atoms with Gasteiger partial charge in [0, 0.05) is 26.4 Å². The Balaban J connectivity index is 1.75. The molecule has 0 aliphatic heterocycles. The summed E-state index contributed by atoms with van der Waals surface area (Å²) in [7, 11) is 1.81. The summed E-state index contributed by atoms with van der Waals surface area (Å²) in [5, 5.41) is 3.41. The van der Waals surface area contributed by atoms with Crippen molar-refractivity contribution in [2.45, 2.75) is 31.4 Å². The molecule has 0 aromatic carbocycles. The second-order valence-corrected chi connectivity index (χ2v) is 4.17. The highest BCUT2D eigenvalue weighted by atomic mass is 16.5. The Morgan fingerprint density at radius 2 is 2.33 bits per heavy atom. The van der Waals surface area contributed by atoms with Crippen molar-refractivity contribution in [3.63, 3.8) is 0 Å². The lowest BCUT2D eigenvalue weighted by Crippen LogP contribution is -2.47. The van der Waals surface area contributed by atoms with Crippen LogP contribution in [0.2, 0.25) is 0 Å². The number of aromatic nitrogens is 1. The van der Waals surface area contributed by atoms with Gasteiger partial charge in [0.25, 0.3) is 0 Å². The lowest BCUT2D eigenvalue weighted by molar-refractivity contribution is -0.0695. The third-order valence-corrected chi connectivity index (χ3v) is 3.18. The molecule has 3 heteroatoms. The smallest absolute Gasteiger partial charge is 0.0802 e. The zero-order valence-corrected chi connectivity index (χ0v) is 9.20. The van der Waals surface area contributed by atoms with Crippen molar-refractivity contribution in [1.29, 1.82) is 0 Å². The standard InChI is InChI=1S/C12H18N2O/c1-15-12(6-4-7-12)10-13-9-11-5-2-3-8-14-11/h2-3,5,8,13H,4,6-7,9-10H2,1H3. The summed E-state index contributed by atoms with van der Waals surface area (Å²) in [6.45, 7) is 1.76. The second-order valence-electron chi connectivity index (χ2n) is 4.17. The maximum atomic E-state index is 5.53. The van der Waals surface area contributed by atoms with Gasteiger partial charge in [0.15, 0.2) is 0 Å². The molecule has 1 aliphatic carbocycles. The van der Waals surface area contributed by atoms with E-state index in [9.17, 15) is 0 Å². The summed E-state index contributed by atoms with van der Waals surface area (Å²) in [6.07, 6.45) is 5.48. The minimum absolute atomic E-state index is 0.106. The maximum Gasteiger partial charge on any atom is 0.0802 e. The quantitative estimate of drug-likeness (QED) is 0.796. The summed E-state index contributed by atoms with van der Waals surface area (Å²) in [6, 6.07) is 5.98. The molecule has 1 aromatic rings. The highest BCUT2D eigenvalue weighted by Crippen LogP contribution is 2.34. The van der Waals surface area contributed by atoms with Crippen LogP contribution in [0.15, 0.2) is 24.4 Å². The summed E-state index contributed by atoms with van der Waals surface area (Å²) >= 11 is 0. The third kappa shape index (κ3) is 2.55. The van der Waals surface area contributed by atoms with E-state index in [1.807, 2.05) is 31.5 Å². The van der Waals surface area contributed by atoms with Crippen LogP contribution in [0.4, 0.5) is 0 Å². The zero-order chi connectivity index (χ0) is 10.6. The predicted molar refractivity (Wildman–Crippen MR) is 59.5 cm³/mol. The molecule has 0 unspecified atom stereocenters. The van der Waals surface area contributed by atoms with Crippen LogP contribution < -0.4 is 5.32 Å². The predicted octanol–water partition coefficient (Wildman–Crippen LogP) is 1.74. The molecule has 15 heavy (non-hydrogen) atoms. The summed E-state index contributed by atoms with van der Waals surface area (Å²) < 4.78 is 5.53. The first kappa shape index (κ1) is 10.6. The van der Waals surface area contributed by atoms with Crippen LogP contribution in [0.5, 0.6) is 0 Å². The van der Waals surface area contributed by atoms with Crippen LogP contribution in [0.1, 0.15) is 25.0 Å². The van der Waals surface area contributed by atoms with E-state index in [1.54, 1.807) is 0 Å². The van der Waals surface area contributed by atoms with Gasteiger partial charge >= 0.3 is 0 Å². The molecular formula is C12H18N2O. The molecule has 1 saturated carbocycles. The van der Waals surface area contributed by atoms with Crippen LogP contribution in [-0.4, -0.2) is 24.2 Å². The van der Waals surface area contributed by atoms with Crippen molar-refractivity contribution in [2.24, 2.45) is 0 Å². The van der Waals surface area contributed by atoms with Crippen molar-refractivity contribution in [2.75, 3.05) is 13.7 Å². The van der Waals surface area contributed by atoms with Gasteiger partial charge in [-0.1, -0.05) is 6.07 Å². The first-order valence-electron chi connectivity index (χ1n) is 5.50. The van der Waals surface area contributed by atoms with Crippen molar-refractivity contribution < 1.29 is 4.74 Å². The van der Waals surface area contributed by atoms with E-state index < -0.39 is 0 Å². The normalized spacial score (nSPS) is 18.5. The molecular weight excluding hydrogens is 188 g/mol. The van der Waals surface area contributed by atoms with Gasteiger partial charge in [-0.25, -0.2) is 0 Å². The van der Waals surface area contributed by atoms with Crippen molar-refractivity contribution in [3.8, 4) is 0 Å². The molecule has 0 amide bonds. The number of nitrogens with zero attached hydrogens (tertiary/aromatic N) is 1. The average molecular weight is 206 g/mol. The lowest BCUT2D eigenvalue weighted by Gasteiger charge is -2.40. The summed E-state index contributed by atoms with van der Waals surface area (Å²) in [5.74, 6) is 0. The van der Waals surface area contributed by atoms with Gasteiger partial charge in [0.2, 0.25) is 0 Å². The monoisotopic (exact) mass is 206 g/mol. The number of nitrogens with one attached hydrogen (secondary N) is 1. The fraction of sp³-hybridized carbons (Fsp3) is 0.583. The van der Waals surface area contributed by atoms with E-state index in [0.717, 1.165) is 18.8 Å². The minimum atomic E-state index is 0.106. The first-order valence-corrected chi connectivity index (χ1v) is 5.50. The first-order chi connectivity index (χ1) is 7.35. The molecule has 0 spiro atoms. The number of ether oxygens (including phenoxy) is 1. The molecule has 0 bridgehead atoms. The summed E-state index contributed by atoms with van der Waals surface area (Å²) in [5.41, 5.74) is 1.19. The molecule has 0 radical (unpaired) electrons. The van der Waals surface area contributed by atoms with Gasteiger partial charge in [0.05, 0.1) is 11.3 Å². The van der Waals surface area contributed by atoms with Gasteiger partial charge in [-0.2, -0.15) is 0 Å². The van der Waals surface area contributed by atoms with Crippen molar-refractivity contribution in [1.82, 2.24) is 10.3 Å². The highest BCUT2D eigenvalue weighted by Gasteiger charge is 2.36. The number of methoxy groups -OCH3 is 1. The van der Waals surface area contributed by atoms with Crippen molar-refractivity contribution in [3.05, 3.63) is 30.1 Å². The van der Waals surface area contributed by atoms with Crippen LogP contribution in [0, 0.1) is 0 Å². The number of pyridine rings is 1. The van der Waals surface area contributed by atoms with E-state index in [1.165, 1.54) is 19.3 Å². The Kier molecular flexibility index (Phi) is 3.34. The van der Waals surface area contributed by atoms with Gasteiger partial charge in [0.1, 0.15) is 0 Å². The molecule has 2 rings (SSSR count). The Morgan fingerprint density at radius 1 is 1.47 bits per heavy atom. The SMILES string of the molecule is COC1(CNCc2ccccn2)CCC1. The Labute approximate surface area is 90.9 Å². The summed E-state index contributed by atoms with van der Waals surface area (Å²) in [4.78, 5) is 4.26. The molecule has 1 aromatic heterocycles. The average Bonchev–Trinajstić information content (AvgIpc) is 2.24. The van der Waals surface area contributed by atoms with Gasteiger partial charge < -0.3 is 10.1 Å². The molecule has 3 nitrogen and oxygen atoms in total. The zero-order valence-electron chi connectivity index (χ0n) is 9.20. The Bertz CT molecular complexity index is 290. The molecule has 0 atom stereocenters. The molecule has 1 fully saturated rings. The van der Waals surface area contributed by atoms with E-state index in [2.05, 4.69) is 10.3 Å². The molecule has 1 heterocycles. The molecule has 82 valence electrons.